The molecular weight excluding hydrogens is 508 g/mol. The van der Waals surface area contributed by atoms with E-state index < -0.39 is 33.4 Å². The van der Waals surface area contributed by atoms with Gasteiger partial charge in [0.15, 0.2) is 17.3 Å². The van der Waals surface area contributed by atoms with Gasteiger partial charge in [0.2, 0.25) is 10.0 Å². The van der Waals surface area contributed by atoms with Crippen LogP contribution >= 0.6 is 0 Å². The molecule has 6 N–H and O–H groups in total. The summed E-state index contributed by atoms with van der Waals surface area (Å²) >= 11 is 0. The summed E-state index contributed by atoms with van der Waals surface area (Å²) in [6.07, 6.45) is 3.68. The molecule has 0 aliphatic carbocycles. The number of fused-ring (bicyclic) bond motifs is 1. The van der Waals surface area contributed by atoms with Crippen LogP contribution in [0.15, 0.2) is 34.7 Å². The van der Waals surface area contributed by atoms with Crippen molar-refractivity contribution in [3.8, 4) is 0 Å². The highest BCUT2D eigenvalue weighted by Crippen LogP contribution is 2.39. The summed E-state index contributed by atoms with van der Waals surface area (Å²) in [7, 11) is -2.37. The van der Waals surface area contributed by atoms with Crippen LogP contribution in [0.3, 0.4) is 0 Å². The number of carbonyl (C=O) groups is 2. The summed E-state index contributed by atoms with van der Waals surface area (Å²) in [5.41, 5.74) is 12.4. The van der Waals surface area contributed by atoms with E-state index in [9.17, 15) is 23.1 Å². The van der Waals surface area contributed by atoms with E-state index in [0.29, 0.717) is 32.5 Å². The molecule has 11 nitrogen and oxygen atoms in total. The topological polar surface area (TPSA) is 174 Å². The Morgan fingerprint density at radius 2 is 1.95 bits per heavy atom. The van der Waals surface area contributed by atoms with Crippen molar-refractivity contribution in [2.24, 2.45) is 17.4 Å². The first-order valence-electron chi connectivity index (χ1n) is 13.0. The molecule has 0 amide bonds. The lowest BCUT2D eigenvalue weighted by Gasteiger charge is -2.45. The van der Waals surface area contributed by atoms with Crippen molar-refractivity contribution in [3.05, 3.63) is 41.0 Å². The molecule has 4 rings (SSSR count). The summed E-state index contributed by atoms with van der Waals surface area (Å²) < 4.78 is 28.9. The first-order chi connectivity index (χ1) is 17.9. The molecule has 38 heavy (non-hydrogen) atoms. The number of carbonyl (C=O) groups excluding carboxylic acids is 1. The highest BCUT2D eigenvalue weighted by Gasteiger charge is 2.59. The zero-order valence-corrected chi connectivity index (χ0v) is 22.8. The summed E-state index contributed by atoms with van der Waals surface area (Å²) in [6, 6.07) is 3.68. The van der Waals surface area contributed by atoms with Crippen LogP contribution in [-0.2, 0) is 32.6 Å². The molecule has 0 radical (unpaired) electrons. The smallest absolute Gasteiger partial charge is 0.332 e. The zero-order chi connectivity index (χ0) is 27.8. The average molecular weight is 547 g/mol. The Morgan fingerprint density at radius 1 is 1.21 bits per heavy atom. The molecular formula is C26H38N6O5S. The van der Waals surface area contributed by atoms with Gasteiger partial charge in [0.25, 0.3) is 0 Å². The second-order valence-corrected chi connectivity index (χ2v) is 12.8. The summed E-state index contributed by atoms with van der Waals surface area (Å²) in [6.45, 7) is 4.09. The van der Waals surface area contributed by atoms with Crippen LogP contribution in [0.4, 0.5) is 0 Å². The van der Waals surface area contributed by atoms with Crippen molar-refractivity contribution in [2.75, 3.05) is 33.2 Å². The lowest BCUT2D eigenvalue weighted by atomic mass is 9.76. The van der Waals surface area contributed by atoms with Gasteiger partial charge in [-0.05, 0) is 68.3 Å². The maximum Gasteiger partial charge on any atom is 0.332 e. The fourth-order valence-corrected chi connectivity index (χ4v) is 7.68. The molecule has 1 unspecified atom stereocenters. The number of Topliss-reactive ketones (excluding diaryl/α,β-unsaturated/α-hetero) is 1. The second kappa shape index (κ2) is 10.8. The molecule has 3 aliphatic heterocycles. The normalized spacial score (nSPS) is 25.8. The van der Waals surface area contributed by atoms with Gasteiger partial charge in [0.1, 0.15) is 0 Å². The van der Waals surface area contributed by atoms with E-state index in [1.54, 1.807) is 17.0 Å². The van der Waals surface area contributed by atoms with Gasteiger partial charge in [0, 0.05) is 32.7 Å². The number of aliphatic carboxylic acids is 1. The number of likely N-dealkylation sites (N-methyl/N-ethyl adjacent to an activating group) is 1. The number of hydrogen-bond acceptors (Lipinski definition) is 7. The monoisotopic (exact) mass is 546 g/mol. The molecule has 1 aromatic rings. The number of sulfonamides is 1. The second-order valence-electron chi connectivity index (χ2n) is 10.9. The van der Waals surface area contributed by atoms with E-state index in [2.05, 4.69) is 4.90 Å². The van der Waals surface area contributed by atoms with Crippen LogP contribution in [-0.4, -0.2) is 90.1 Å². The van der Waals surface area contributed by atoms with Gasteiger partial charge in [-0.1, -0.05) is 24.6 Å². The van der Waals surface area contributed by atoms with Crippen LogP contribution in [0.2, 0.25) is 0 Å². The van der Waals surface area contributed by atoms with Crippen LogP contribution < -0.4 is 11.5 Å². The molecule has 0 spiro atoms. The number of carboxylic acids is 1. The van der Waals surface area contributed by atoms with Gasteiger partial charge < -0.3 is 26.4 Å². The van der Waals surface area contributed by atoms with Gasteiger partial charge in [-0.15, -0.1) is 0 Å². The Kier molecular flexibility index (Phi) is 7.99. The van der Waals surface area contributed by atoms with E-state index in [4.69, 9.17) is 16.9 Å². The molecule has 0 aromatic heterocycles. The molecule has 0 bridgehead atoms. The van der Waals surface area contributed by atoms with Crippen molar-refractivity contribution in [1.82, 2.24) is 14.1 Å². The molecule has 0 saturated carbocycles. The molecule has 12 heteroatoms. The first-order valence-corrected chi connectivity index (χ1v) is 14.4. The fraction of sp³-hybridized carbons (Fsp3) is 0.577. The minimum atomic E-state index is -4.33. The largest absolute Gasteiger partial charge is 0.480 e. The van der Waals surface area contributed by atoms with Gasteiger partial charge in [-0.3, -0.25) is 10.2 Å². The van der Waals surface area contributed by atoms with Crippen LogP contribution in [0.25, 0.3) is 0 Å². The predicted molar refractivity (Wildman–Crippen MR) is 143 cm³/mol. The van der Waals surface area contributed by atoms with E-state index in [1.807, 2.05) is 20.0 Å². The van der Waals surface area contributed by atoms with Gasteiger partial charge >= 0.3 is 5.97 Å². The number of guanidine groups is 1. The number of ketones is 1. The molecule has 1 saturated heterocycles. The Hall–Kier alpha value is -2.80. The Labute approximate surface area is 224 Å². The molecule has 1 aromatic carbocycles. The SMILES string of the molecule is C[C@H]1CCN(S(=O)(=O)c2ccc3c(c2)CN(C)CC3)[C@](C(=O)O)(C(=O)C(N)CC2=CCCN(C(=N)N)C2)C1. The average Bonchev–Trinajstić information content (AvgIpc) is 2.87. The molecule has 3 aliphatic rings. The molecule has 3 heterocycles. The molecule has 3 atom stereocenters. The Morgan fingerprint density at radius 3 is 2.63 bits per heavy atom. The number of nitrogens with one attached hydrogen (secondary N) is 1. The standard InChI is InChI=1S/C26H38N6O5S/c1-17-7-11-32(38(36,37)21-6-5-19-8-10-30(2)16-20(19)13-21)26(14-17,24(34)35)23(33)22(27)12-18-4-3-9-31(15-18)25(28)29/h4-6,13,17,22H,3,7-12,14-16,27H2,1-2H3,(H3,28,29)(H,34,35)/t17-,22?,26-/m0/s1. The zero-order valence-electron chi connectivity index (χ0n) is 22.0. The van der Waals surface area contributed by atoms with Crippen LogP contribution in [0.5, 0.6) is 0 Å². The number of benzene rings is 1. The van der Waals surface area contributed by atoms with Gasteiger partial charge in [-0.25, -0.2) is 13.2 Å². The molecule has 1 fully saturated rings. The van der Waals surface area contributed by atoms with E-state index in [-0.39, 0.29) is 36.2 Å². The quantitative estimate of drug-likeness (QED) is 0.166. The number of nitrogens with zero attached hydrogens (tertiary/aromatic N) is 3. The van der Waals surface area contributed by atoms with E-state index in [1.165, 1.54) is 6.07 Å². The van der Waals surface area contributed by atoms with E-state index in [0.717, 1.165) is 34.0 Å². The van der Waals surface area contributed by atoms with Crippen molar-refractivity contribution in [2.45, 2.75) is 62.0 Å². The van der Waals surface area contributed by atoms with Crippen LogP contribution in [0, 0.1) is 11.3 Å². The van der Waals surface area contributed by atoms with Crippen LogP contribution in [0.1, 0.15) is 43.7 Å². The third-order valence-corrected chi connectivity index (χ3v) is 9.93. The number of piperidine rings is 1. The summed E-state index contributed by atoms with van der Waals surface area (Å²) in [5, 5.41) is 18.2. The van der Waals surface area contributed by atoms with Gasteiger partial charge in [-0.2, -0.15) is 4.31 Å². The maximum atomic E-state index is 14.0. The minimum absolute atomic E-state index is 0.0137. The third-order valence-electron chi connectivity index (χ3n) is 8.01. The third kappa shape index (κ3) is 5.22. The minimum Gasteiger partial charge on any atom is -0.480 e. The highest BCUT2D eigenvalue weighted by molar-refractivity contribution is 7.89. The number of rotatable bonds is 7. The number of hydrogen-bond donors (Lipinski definition) is 4. The highest BCUT2D eigenvalue weighted by atomic mass is 32.2. The number of nitrogens with two attached hydrogens (primary N) is 2. The predicted octanol–water partition coefficient (Wildman–Crippen LogP) is 0.731. The fourth-order valence-electron chi connectivity index (χ4n) is 5.90. The van der Waals surface area contributed by atoms with Crippen molar-refractivity contribution in [3.63, 3.8) is 0 Å². The van der Waals surface area contributed by atoms with Crippen molar-refractivity contribution >= 4 is 27.7 Å². The van der Waals surface area contributed by atoms with Gasteiger partial charge in [0.05, 0.1) is 10.9 Å². The summed E-state index contributed by atoms with van der Waals surface area (Å²) in [5.74, 6) is -2.60. The first kappa shape index (κ1) is 28.2. The lowest BCUT2D eigenvalue weighted by Crippen LogP contribution is -2.68. The Balaban J connectivity index is 1.68. The summed E-state index contributed by atoms with van der Waals surface area (Å²) in [4.78, 5) is 30.6. The van der Waals surface area contributed by atoms with Crippen molar-refractivity contribution < 1.29 is 23.1 Å². The van der Waals surface area contributed by atoms with Crippen molar-refractivity contribution in [1.29, 1.82) is 5.41 Å². The van der Waals surface area contributed by atoms with E-state index >= 15 is 0 Å². The molecule has 208 valence electrons. The maximum absolute atomic E-state index is 14.0. The Bertz CT molecular complexity index is 1260. The number of carboxylic acid groups (broad SMARTS) is 1. The lowest BCUT2D eigenvalue weighted by molar-refractivity contribution is -0.158.